The lowest BCUT2D eigenvalue weighted by Gasteiger charge is -2.22. The third kappa shape index (κ3) is 4.25. The number of carbonyl (C=O) groups excluding carboxylic acids is 2. The van der Waals surface area contributed by atoms with Gasteiger partial charge in [0.2, 0.25) is 5.91 Å². The van der Waals surface area contributed by atoms with Crippen molar-refractivity contribution >= 4 is 23.2 Å². The van der Waals surface area contributed by atoms with E-state index in [1.54, 1.807) is 29.2 Å². The van der Waals surface area contributed by atoms with Gasteiger partial charge in [-0.05, 0) is 43.2 Å². The normalized spacial score (nSPS) is 14.7. The first-order chi connectivity index (χ1) is 15.5. The zero-order valence-corrected chi connectivity index (χ0v) is 17.9. The van der Waals surface area contributed by atoms with E-state index in [2.05, 4.69) is 10.4 Å². The van der Waals surface area contributed by atoms with Crippen molar-refractivity contribution in [1.29, 1.82) is 0 Å². The summed E-state index contributed by atoms with van der Waals surface area (Å²) in [4.78, 5) is 39.6. The molecule has 1 atom stereocenters. The number of fused-ring (bicyclic) bond motifs is 1. The molecule has 1 aromatic heterocycles. The van der Waals surface area contributed by atoms with E-state index >= 15 is 0 Å². The van der Waals surface area contributed by atoms with Gasteiger partial charge in [0.15, 0.2) is 0 Å². The number of nitrogens with one attached hydrogen (secondary N) is 1. The number of anilines is 2. The molecule has 0 saturated heterocycles. The molecule has 0 saturated carbocycles. The molecule has 3 aromatic rings. The summed E-state index contributed by atoms with van der Waals surface area (Å²) >= 11 is 0. The van der Waals surface area contributed by atoms with Crippen molar-refractivity contribution in [2.75, 3.05) is 17.3 Å². The van der Waals surface area contributed by atoms with Crippen LogP contribution in [-0.4, -0.2) is 34.7 Å². The molecule has 2 amide bonds. The minimum absolute atomic E-state index is 0.00583. The largest absolute Gasteiger partial charge is 0.495 e. The molecule has 1 unspecified atom stereocenters. The molecule has 2 aromatic carbocycles. The van der Waals surface area contributed by atoms with Crippen LogP contribution < -0.4 is 20.5 Å². The SMILES string of the molecule is COc1ccccc1NC(=O)CCn1nc(C(=O)N2c3ccccc3CC2C)ccc1=O. The fraction of sp³-hybridized carbons (Fsp3) is 0.250. The number of aromatic nitrogens is 2. The van der Waals surface area contributed by atoms with E-state index < -0.39 is 0 Å². The summed E-state index contributed by atoms with van der Waals surface area (Å²) in [5, 5.41) is 7.01. The third-order valence-corrected chi connectivity index (χ3v) is 5.44. The first-order valence-corrected chi connectivity index (χ1v) is 10.4. The third-order valence-electron chi connectivity index (χ3n) is 5.44. The van der Waals surface area contributed by atoms with E-state index in [9.17, 15) is 14.4 Å². The van der Waals surface area contributed by atoms with Crippen LogP contribution in [0.2, 0.25) is 0 Å². The molecule has 1 aliphatic rings. The van der Waals surface area contributed by atoms with Gasteiger partial charge in [0.25, 0.3) is 11.5 Å². The van der Waals surface area contributed by atoms with Crippen LogP contribution in [0.5, 0.6) is 5.75 Å². The van der Waals surface area contributed by atoms with Crippen LogP contribution in [0.4, 0.5) is 11.4 Å². The highest BCUT2D eigenvalue weighted by atomic mass is 16.5. The van der Waals surface area contributed by atoms with Crippen LogP contribution >= 0.6 is 0 Å². The second-order valence-corrected chi connectivity index (χ2v) is 7.64. The second kappa shape index (κ2) is 9.05. The Hall–Kier alpha value is -3.94. The van der Waals surface area contributed by atoms with Crippen LogP contribution in [0.3, 0.4) is 0 Å². The van der Waals surface area contributed by atoms with E-state index in [-0.39, 0.29) is 42.1 Å². The monoisotopic (exact) mass is 432 g/mol. The molecule has 164 valence electrons. The predicted molar refractivity (Wildman–Crippen MR) is 121 cm³/mol. The minimum Gasteiger partial charge on any atom is -0.495 e. The van der Waals surface area contributed by atoms with Gasteiger partial charge in [0.05, 0.1) is 19.3 Å². The molecule has 4 rings (SSSR count). The highest BCUT2D eigenvalue weighted by molar-refractivity contribution is 6.06. The van der Waals surface area contributed by atoms with Crippen LogP contribution in [0.25, 0.3) is 0 Å². The van der Waals surface area contributed by atoms with Gasteiger partial charge in [0, 0.05) is 24.2 Å². The summed E-state index contributed by atoms with van der Waals surface area (Å²) in [5.41, 5.74) is 2.31. The van der Waals surface area contributed by atoms with E-state index in [1.807, 2.05) is 31.2 Å². The van der Waals surface area contributed by atoms with Gasteiger partial charge in [-0.3, -0.25) is 14.4 Å². The predicted octanol–water partition coefficient (Wildman–Crippen LogP) is 2.87. The molecular formula is C24H24N4O4. The second-order valence-electron chi connectivity index (χ2n) is 7.64. The van der Waals surface area contributed by atoms with Crippen LogP contribution in [0.1, 0.15) is 29.4 Å². The number of carbonyl (C=O) groups is 2. The van der Waals surface area contributed by atoms with Gasteiger partial charge in [-0.15, -0.1) is 0 Å². The average Bonchev–Trinajstić information content (AvgIpc) is 3.14. The Kier molecular flexibility index (Phi) is 6.02. The summed E-state index contributed by atoms with van der Waals surface area (Å²) in [6.07, 6.45) is 0.788. The van der Waals surface area contributed by atoms with Crippen LogP contribution in [-0.2, 0) is 17.8 Å². The maximum Gasteiger partial charge on any atom is 0.278 e. The Morgan fingerprint density at radius 1 is 1.09 bits per heavy atom. The maximum atomic E-state index is 13.2. The number of aryl methyl sites for hydroxylation is 1. The van der Waals surface area contributed by atoms with Gasteiger partial charge in [-0.25, -0.2) is 4.68 Å². The fourth-order valence-corrected chi connectivity index (χ4v) is 3.89. The number of amides is 2. The molecule has 2 heterocycles. The molecule has 8 nitrogen and oxygen atoms in total. The Balaban J connectivity index is 1.48. The molecule has 8 heteroatoms. The number of hydrogen-bond donors (Lipinski definition) is 1. The minimum atomic E-state index is -0.374. The lowest BCUT2D eigenvalue weighted by molar-refractivity contribution is -0.116. The molecule has 0 fully saturated rings. The van der Waals surface area contributed by atoms with Crippen molar-refractivity contribution in [3.63, 3.8) is 0 Å². The Morgan fingerprint density at radius 3 is 2.66 bits per heavy atom. The molecule has 0 aliphatic carbocycles. The molecular weight excluding hydrogens is 408 g/mol. The number of benzene rings is 2. The quantitative estimate of drug-likeness (QED) is 0.647. The highest BCUT2D eigenvalue weighted by Gasteiger charge is 2.32. The number of methoxy groups -OCH3 is 1. The average molecular weight is 432 g/mol. The van der Waals surface area contributed by atoms with Gasteiger partial charge < -0.3 is 15.0 Å². The molecule has 0 bridgehead atoms. The summed E-state index contributed by atoms with van der Waals surface area (Å²) in [6, 6.07) is 17.6. The van der Waals surface area contributed by atoms with Gasteiger partial charge in [-0.2, -0.15) is 5.10 Å². The number of para-hydroxylation sites is 3. The van der Waals surface area contributed by atoms with E-state index in [0.29, 0.717) is 11.4 Å². The summed E-state index contributed by atoms with van der Waals surface area (Å²) in [7, 11) is 1.52. The molecule has 1 N–H and O–H groups in total. The standard InChI is InChI=1S/C24H24N4O4/c1-16-15-17-7-3-5-9-20(17)28(16)24(31)19-11-12-23(30)27(26-19)14-13-22(29)25-18-8-4-6-10-21(18)32-2/h3-12,16H,13-15H2,1-2H3,(H,25,29). The smallest absolute Gasteiger partial charge is 0.278 e. The van der Waals surface area contributed by atoms with Crippen molar-refractivity contribution in [2.24, 2.45) is 0 Å². The van der Waals surface area contributed by atoms with Crippen molar-refractivity contribution in [1.82, 2.24) is 9.78 Å². The first kappa shape index (κ1) is 21.3. The molecule has 0 radical (unpaired) electrons. The van der Waals surface area contributed by atoms with Crippen molar-refractivity contribution in [3.8, 4) is 5.75 Å². The van der Waals surface area contributed by atoms with E-state index in [4.69, 9.17) is 4.74 Å². The summed E-state index contributed by atoms with van der Waals surface area (Å²) in [5.74, 6) is -0.0135. The van der Waals surface area contributed by atoms with Crippen molar-refractivity contribution in [3.05, 3.63) is 82.3 Å². The Morgan fingerprint density at radius 2 is 1.84 bits per heavy atom. The van der Waals surface area contributed by atoms with Crippen molar-refractivity contribution in [2.45, 2.75) is 32.4 Å². The lowest BCUT2D eigenvalue weighted by atomic mass is 10.1. The molecule has 1 aliphatic heterocycles. The van der Waals surface area contributed by atoms with Crippen LogP contribution in [0, 0.1) is 0 Å². The number of hydrogen-bond acceptors (Lipinski definition) is 5. The zero-order valence-electron chi connectivity index (χ0n) is 17.9. The molecule has 0 spiro atoms. The van der Waals surface area contributed by atoms with Crippen molar-refractivity contribution < 1.29 is 14.3 Å². The van der Waals surface area contributed by atoms with Gasteiger partial charge >= 0.3 is 0 Å². The lowest BCUT2D eigenvalue weighted by Crippen LogP contribution is -2.37. The highest BCUT2D eigenvalue weighted by Crippen LogP contribution is 2.32. The van der Waals surface area contributed by atoms with E-state index in [1.165, 1.54) is 19.2 Å². The Bertz CT molecular complexity index is 1220. The number of ether oxygens (including phenoxy) is 1. The van der Waals surface area contributed by atoms with Crippen LogP contribution in [0.15, 0.2) is 65.5 Å². The molecule has 32 heavy (non-hydrogen) atoms. The number of nitrogens with zero attached hydrogens (tertiary/aromatic N) is 3. The fourth-order valence-electron chi connectivity index (χ4n) is 3.89. The first-order valence-electron chi connectivity index (χ1n) is 10.4. The van der Waals surface area contributed by atoms with E-state index in [0.717, 1.165) is 22.4 Å². The number of rotatable bonds is 6. The maximum absolute atomic E-state index is 13.2. The van der Waals surface area contributed by atoms with Gasteiger partial charge in [-0.1, -0.05) is 30.3 Å². The summed E-state index contributed by atoms with van der Waals surface area (Å²) < 4.78 is 6.38. The Labute approximate surface area is 185 Å². The topological polar surface area (TPSA) is 93.5 Å². The zero-order chi connectivity index (χ0) is 22.7. The summed E-state index contributed by atoms with van der Waals surface area (Å²) in [6.45, 7) is 2.03. The van der Waals surface area contributed by atoms with Gasteiger partial charge in [0.1, 0.15) is 11.4 Å².